The molecule has 0 saturated carbocycles. The number of benzene rings is 1. The van der Waals surface area contributed by atoms with Gasteiger partial charge in [0.05, 0.1) is 18.1 Å². The quantitative estimate of drug-likeness (QED) is 0.875. The average Bonchev–Trinajstić information content (AvgIpc) is 2.84. The highest BCUT2D eigenvalue weighted by atomic mass is 35.5. The zero-order valence-corrected chi connectivity index (χ0v) is 10.2. The molecule has 17 heavy (non-hydrogen) atoms. The van der Waals surface area contributed by atoms with Crippen LogP contribution in [0.25, 0.3) is 0 Å². The highest BCUT2D eigenvalue weighted by Crippen LogP contribution is 2.29. The zero-order valence-electron chi connectivity index (χ0n) is 9.48. The molecule has 4 nitrogen and oxygen atoms in total. The highest BCUT2D eigenvalue weighted by molar-refractivity contribution is 6.32. The molecule has 0 saturated heterocycles. The number of nitrogens with zero attached hydrogens (tertiary/aromatic N) is 1. The van der Waals surface area contributed by atoms with E-state index in [4.69, 9.17) is 22.1 Å². The molecule has 0 bridgehead atoms. The third kappa shape index (κ3) is 2.43. The van der Waals surface area contributed by atoms with Crippen LogP contribution in [0.15, 0.2) is 30.6 Å². The number of imidazole rings is 1. The first kappa shape index (κ1) is 12.0. The molecule has 0 amide bonds. The molecule has 0 spiro atoms. The Morgan fingerprint density at radius 3 is 2.88 bits per heavy atom. The number of hydrogen-bond donors (Lipinski definition) is 2. The molecule has 1 aromatic heterocycles. The molecule has 1 atom stereocenters. The van der Waals surface area contributed by atoms with Gasteiger partial charge < -0.3 is 15.5 Å². The van der Waals surface area contributed by atoms with Gasteiger partial charge in [-0.25, -0.2) is 4.98 Å². The van der Waals surface area contributed by atoms with Crippen LogP contribution < -0.4 is 10.5 Å². The van der Waals surface area contributed by atoms with Crippen molar-refractivity contribution in [2.45, 2.75) is 5.92 Å². The van der Waals surface area contributed by atoms with Gasteiger partial charge in [-0.3, -0.25) is 0 Å². The topological polar surface area (TPSA) is 63.9 Å². The molecule has 1 heterocycles. The monoisotopic (exact) mass is 251 g/mol. The van der Waals surface area contributed by atoms with Gasteiger partial charge in [0.2, 0.25) is 0 Å². The van der Waals surface area contributed by atoms with Crippen molar-refractivity contribution in [3.05, 3.63) is 47.0 Å². The summed E-state index contributed by atoms with van der Waals surface area (Å²) in [6.45, 7) is 0.468. The Balaban J connectivity index is 2.35. The van der Waals surface area contributed by atoms with Gasteiger partial charge >= 0.3 is 0 Å². The minimum atomic E-state index is 0.0217. The van der Waals surface area contributed by atoms with Gasteiger partial charge in [-0.2, -0.15) is 0 Å². The second-order valence-electron chi connectivity index (χ2n) is 3.66. The van der Waals surface area contributed by atoms with Crippen molar-refractivity contribution in [1.82, 2.24) is 9.97 Å². The Bertz CT molecular complexity index is 485. The SMILES string of the molecule is COc1ccc(C(CN)c2ncc[nH]2)cc1Cl. The predicted molar refractivity (Wildman–Crippen MR) is 67.5 cm³/mol. The molecule has 0 aliphatic rings. The van der Waals surface area contributed by atoms with Crippen LogP contribution in [-0.4, -0.2) is 23.6 Å². The third-order valence-electron chi connectivity index (χ3n) is 2.66. The van der Waals surface area contributed by atoms with Crippen LogP contribution in [0.4, 0.5) is 0 Å². The van der Waals surface area contributed by atoms with Gasteiger partial charge in [0.25, 0.3) is 0 Å². The molecule has 0 aliphatic carbocycles. The largest absolute Gasteiger partial charge is 0.495 e. The lowest BCUT2D eigenvalue weighted by atomic mass is 9.98. The first-order chi connectivity index (χ1) is 8.26. The lowest BCUT2D eigenvalue weighted by Crippen LogP contribution is -2.15. The fourth-order valence-electron chi connectivity index (χ4n) is 1.77. The van der Waals surface area contributed by atoms with Crippen LogP contribution in [0.5, 0.6) is 5.75 Å². The Labute approximate surface area is 105 Å². The van der Waals surface area contributed by atoms with Crippen molar-refractivity contribution in [3.63, 3.8) is 0 Å². The molecule has 3 N–H and O–H groups in total. The Morgan fingerprint density at radius 1 is 1.53 bits per heavy atom. The summed E-state index contributed by atoms with van der Waals surface area (Å²) in [6, 6.07) is 5.65. The van der Waals surface area contributed by atoms with Crippen LogP contribution in [0.2, 0.25) is 5.02 Å². The zero-order chi connectivity index (χ0) is 12.3. The Hall–Kier alpha value is -1.52. The maximum Gasteiger partial charge on any atom is 0.137 e. The van der Waals surface area contributed by atoms with E-state index in [-0.39, 0.29) is 5.92 Å². The number of nitrogens with one attached hydrogen (secondary N) is 1. The van der Waals surface area contributed by atoms with Crippen LogP contribution in [0.3, 0.4) is 0 Å². The standard InChI is InChI=1S/C12H14ClN3O/c1-17-11-3-2-8(6-10(11)13)9(7-14)12-15-4-5-16-12/h2-6,9H,7,14H2,1H3,(H,15,16). The first-order valence-corrected chi connectivity index (χ1v) is 5.67. The van der Waals surface area contributed by atoms with E-state index in [1.54, 1.807) is 19.5 Å². The van der Waals surface area contributed by atoms with E-state index in [1.165, 1.54) is 0 Å². The molecule has 5 heteroatoms. The summed E-state index contributed by atoms with van der Waals surface area (Å²) in [7, 11) is 1.59. The molecular formula is C12H14ClN3O. The van der Waals surface area contributed by atoms with Gasteiger partial charge in [0.1, 0.15) is 11.6 Å². The van der Waals surface area contributed by atoms with Crippen molar-refractivity contribution >= 4 is 11.6 Å². The summed E-state index contributed by atoms with van der Waals surface area (Å²) < 4.78 is 5.12. The van der Waals surface area contributed by atoms with Crippen LogP contribution in [-0.2, 0) is 0 Å². The molecule has 2 aromatic rings. The molecular weight excluding hydrogens is 238 g/mol. The van der Waals surface area contributed by atoms with E-state index in [9.17, 15) is 0 Å². The Kier molecular flexibility index (Phi) is 3.66. The number of rotatable bonds is 4. The number of ether oxygens (including phenoxy) is 1. The number of nitrogens with two attached hydrogens (primary N) is 1. The molecule has 90 valence electrons. The molecule has 2 rings (SSSR count). The second kappa shape index (κ2) is 5.21. The van der Waals surface area contributed by atoms with Gasteiger partial charge in [-0.15, -0.1) is 0 Å². The lowest BCUT2D eigenvalue weighted by molar-refractivity contribution is 0.415. The molecule has 0 aliphatic heterocycles. The van der Waals surface area contributed by atoms with E-state index in [1.807, 2.05) is 18.2 Å². The summed E-state index contributed by atoms with van der Waals surface area (Å²) in [5.74, 6) is 1.52. The number of hydrogen-bond acceptors (Lipinski definition) is 3. The van der Waals surface area contributed by atoms with E-state index < -0.39 is 0 Å². The Morgan fingerprint density at radius 2 is 2.35 bits per heavy atom. The fourth-order valence-corrected chi connectivity index (χ4v) is 2.04. The number of aromatic amines is 1. The lowest BCUT2D eigenvalue weighted by Gasteiger charge is -2.14. The highest BCUT2D eigenvalue weighted by Gasteiger charge is 2.16. The maximum atomic E-state index is 6.10. The number of halogens is 1. The fraction of sp³-hybridized carbons (Fsp3) is 0.250. The first-order valence-electron chi connectivity index (χ1n) is 5.29. The van der Waals surface area contributed by atoms with Crippen molar-refractivity contribution in [2.75, 3.05) is 13.7 Å². The van der Waals surface area contributed by atoms with E-state index in [2.05, 4.69) is 9.97 Å². The van der Waals surface area contributed by atoms with Crippen molar-refractivity contribution < 1.29 is 4.74 Å². The number of H-pyrrole nitrogens is 1. The molecule has 0 fully saturated rings. The van der Waals surface area contributed by atoms with Crippen molar-refractivity contribution in [1.29, 1.82) is 0 Å². The predicted octanol–water partition coefficient (Wildman–Crippen LogP) is 2.16. The van der Waals surface area contributed by atoms with Crippen LogP contribution >= 0.6 is 11.6 Å². The van der Waals surface area contributed by atoms with Gasteiger partial charge in [0.15, 0.2) is 0 Å². The van der Waals surface area contributed by atoms with Crippen LogP contribution in [0.1, 0.15) is 17.3 Å². The minimum absolute atomic E-state index is 0.0217. The smallest absolute Gasteiger partial charge is 0.137 e. The van der Waals surface area contributed by atoms with Crippen molar-refractivity contribution in [3.8, 4) is 5.75 Å². The summed E-state index contributed by atoms with van der Waals surface area (Å²) in [5, 5.41) is 0.579. The third-order valence-corrected chi connectivity index (χ3v) is 2.96. The number of aromatic nitrogens is 2. The minimum Gasteiger partial charge on any atom is -0.495 e. The van der Waals surface area contributed by atoms with E-state index >= 15 is 0 Å². The number of methoxy groups -OCH3 is 1. The molecule has 1 unspecified atom stereocenters. The normalized spacial score (nSPS) is 12.4. The summed E-state index contributed by atoms with van der Waals surface area (Å²) >= 11 is 6.10. The van der Waals surface area contributed by atoms with Gasteiger partial charge in [0, 0.05) is 18.9 Å². The van der Waals surface area contributed by atoms with E-state index in [0.29, 0.717) is 17.3 Å². The van der Waals surface area contributed by atoms with Crippen LogP contribution in [0, 0.1) is 0 Å². The summed E-state index contributed by atoms with van der Waals surface area (Å²) in [4.78, 5) is 7.30. The molecule has 1 aromatic carbocycles. The maximum absolute atomic E-state index is 6.10. The van der Waals surface area contributed by atoms with Gasteiger partial charge in [-0.05, 0) is 17.7 Å². The summed E-state index contributed by atoms with van der Waals surface area (Å²) in [6.07, 6.45) is 3.49. The van der Waals surface area contributed by atoms with E-state index in [0.717, 1.165) is 11.4 Å². The van der Waals surface area contributed by atoms with Crippen molar-refractivity contribution in [2.24, 2.45) is 5.73 Å². The average molecular weight is 252 g/mol. The summed E-state index contributed by atoms with van der Waals surface area (Å²) in [5.41, 5.74) is 6.80. The second-order valence-corrected chi connectivity index (χ2v) is 4.06. The molecule has 0 radical (unpaired) electrons. The van der Waals surface area contributed by atoms with Gasteiger partial charge in [-0.1, -0.05) is 17.7 Å².